The minimum atomic E-state index is -0.00966. The average Bonchev–Trinajstić information content (AvgIpc) is 3.20. The molecule has 1 aromatic heterocycles. The van der Waals surface area contributed by atoms with Crippen LogP contribution in [0.15, 0.2) is 66.7 Å². The lowest BCUT2D eigenvalue weighted by Crippen LogP contribution is -2.28. The highest BCUT2D eigenvalue weighted by molar-refractivity contribution is 6.31. The smallest absolute Gasteiger partial charge is 0.224 e. The molecule has 0 unspecified atom stereocenters. The van der Waals surface area contributed by atoms with Crippen molar-refractivity contribution >= 4 is 40.1 Å². The molecule has 0 radical (unpaired) electrons. The van der Waals surface area contributed by atoms with E-state index in [1.807, 2.05) is 55.5 Å². The van der Waals surface area contributed by atoms with E-state index >= 15 is 0 Å². The largest absolute Gasteiger partial charge is 0.494 e. The number of hydrogen-bond donors (Lipinski definition) is 1. The van der Waals surface area contributed by atoms with Gasteiger partial charge in [0.1, 0.15) is 11.6 Å². The van der Waals surface area contributed by atoms with Gasteiger partial charge in [-0.15, -0.1) is 0 Å². The molecule has 3 aromatic carbocycles. The molecule has 0 saturated carbocycles. The predicted octanol–water partition coefficient (Wildman–Crippen LogP) is 6.41. The first-order valence-electron chi connectivity index (χ1n) is 11.8. The van der Waals surface area contributed by atoms with Gasteiger partial charge in [-0.1, -0.05) is 47.5 Å². The van der Waals surface area contributed by atoms with Gasteiger partial charge in [0, 0.05) is 29.6 Å². The van der Waals surface area contributed by atoms with E-state index in [0.717, 1.165) is 58.1 Å². The second-order valence-corrected chi connectivity index (χ2v) is 9.38. The summed E-state index contributed by atoms with van der Waals surface area (Å²) in [4.78, 5) is 17.2. The maximum Gasteiger partial charge on any atom is 0.224 e. The molecule has 1 heterocycles. The lowest BCUT2D eigenvalue weighted by Gasteiger charge is -2.11. The van der Waals surface area contributed by atoms with Crippen LogP contribution in [0.5, 0.6) is 5.75 Å². The maximum absolute atomic E-state index is 12.4. The van der Waals surface area contributed by atoms with Gasteiger partial charge in [-0.2, -0.15) is 0 Å². The molecule has 182 valence electrons. The Balaban J connectivity index is 1.29. The molecular weight excluding hydrogens is 481 g/mol. The summed E-state index contributed by atoms with van der Waals surface area (Å²) in [5, 5.41) is 4.43. The van der Waals surface area contributed by atoms with Crippen LogP contribution in [0.1, 0.15) is 29.8 Å². The summed E-state index contributed by atoms with van der Waals surface area (Å²) < 4.78 is 8.14. The Labute approximate surface area is 216 Å². The van der Waals surface area contributed by atoms with Crippen LogP contribution in [-0.4, -0.2) is 28.6 Å². The van der Waals surface area contributed by atoms with Gasteiger partial charge in [0.05, 0.1) is 24.1 Å². The molecule has 0 fully saturated rings. The number of nitrogens with zero attached hydrogens (tertiary/aromatic N) is 2. The summed E-state index contributed by atoms with van der Waals surface area (Å²) in [6.07, 6.45) is 2.89. The van der Waals surface area contributed by atoms with Crippen molar-refractivity contribution in [2.75, 3.05) is 13.2 Å². The molecule has 0 aliphatic rings. The first-order valence-corrected chi connectivity index (χ1v) is 12.6. The zero-order valence-corrected chi connectivity index (χ0v) is 21.3. The van der Waals surface area contributed by atoms with Gasteiger partial charge in [-0.3, -0.25) is 4.79 Å². The van der Waals surface area contributed by atoms with Crippen LogP contribution in [0, 0.1) is 6.92 Å². The second kappa shape index (κ2) is 12.1. The number of hydrogen-bond acceptors (Lipinski definition) is 3. The van der Waals surface area contributed by atoms with E-state index in [1.54, 1.807) is 12.1 Å². The van der Waals surface area contributed by atoms with Crippen LogP contribution in [0.25, 0.3) is 11.0 Å². The highest BCUT2D eigenvalue weighted by Crippen LogP contribution is 2.22. The molecule has 35 heavy (non-hydrogen) atoms. The van der Waals surface area contributed by atoms with Gasteiger partial charge >= 0.3 is 0 Å². The third-order valence-electron chi connectivity index (χ3n) is 5.86. The van der Waals surface area contributed by atoms with Gasteiger partial charge in [0.2, 0.25) is 5.91 Å². The Morgan fingerprint density at radius 3 is 2.63 bits per heavy atom. The SMILES string of the molecule is Cc1cc(OCCCCn2c(CCNC(=O)Cc3ccc(Cl)cc3)nc3ccccc32)ccc1Cl. The van der Waals surface area contributed by atoms with E-state index in [-0.39, 0.29) is 5.91 Å². The summed E-state index contributed by atoms with van der Waals surface area (Å²) in [7, 11) is 0. The van der Waals surface area contributed by atoms with E-state index in [0.29, 0.717) is 31.0 Å². The zero-order chi connectivity index (χ0) is 24.6. The van der Waals surface area contributed by atoms with Crippen molar-refractivity contribution in [3.63, 3.8) is 0 Å². The monoisotopic (exact) mass is 509 g/mol. The number of aryl methyl sites for hydroxylation is 2. The molecular formula is C28H29Cl2N3O2. The summed E-state index contributed by atoms with van der Waals surface area (Å²) in [6.45, 7) is 4.00. The van der Waals surface area contributed by atoms with Crippen molar-refractivity contribution in [2.45, 2.75) is 39.2 Å². The maximum atomic E-state index is 12.4. The third-order valence-corrected chi connectivity index (χ3v) is 6.53. The number of ether oxygens (including phenoxy) is 1. The van der Waals surface area contributed by atoms with Crippen LogP contribution in [0.4, 0.5) is 0 Å². The molecule has 1 N–H and O–H groups in total. The Morgan fingerprint density at radius 1 is 1.03 bits per heavy atom. The summed E-state index contributed by atoms with van der Waals surface area (Å²) >= 11 is 12.0. The van der Waals surface area contributed by atoms with Crippen LogP contribution < -0.4 is 10.1 Å². The van der Waals surface area contributed by atoms with Gasteiger partial charge in [-0.05, 0) is 73.4 Å². The number of imidazole rings is 1. The molecule has 4 rings (SSSR count). The third kappa shape index (κ3) is 7.00. The average molecular weight is 510 g/mol. The van der Waals surface area contributed by atoms with Crippen molar-refractivity contribution in [3.05, 3.63) is 93.7 Å². The predicted molar refractivity (Wildman–Crippen MR) is 143 cm³/mol. The number of aromatic nitrogens is 2. The molecule has 0 spiro atoms. The number of nitrogens with one attached hydrogen (secondary N) is 1. The Kier molecular flexibility index (Phi) is 8.67. The molecule has 0 aliphatic carbocycles. The molecule has 5 nitrogen and oxygen atoms in total. The second-order valence-electron chi connectivity index (χ2n) is 8.54. The normalized spacial score (nSPS) is 11.1. The Morgan fingerprint density at radius 2 is 1.83 bits per heavy atom. The molecule has 0 aliphatic heterocycles. The van der Waals surface area contributed by atoms with Crippen molar-refractivity contribution in [3.8, 4) is 5.75 Å². The number of fused-ring (bicyclic) bond motifs is 1. The number of benzene rings is 3. The first kappa shape index (κ1) is 25.1. The lowest BCUT2D eigenvalue weighted by molar-refractivity contribution is -0.120. The number of para-hydroxylation sites is 2. The van der Waals surface area contributed by atoms with E-state index in [2.05, 4.69) is 16.0 Å². The summed E-state index contributed by atoms with van der Waals surface area (Å²) in [5.74, 6) is 1.81. The Bertz CT molecular complexity index is 1290. The van der Waals surface area contributed by atoms with Crippen molar-refractivity contribution in [2.24, 2.45) is 0 Å². The number of rotatable bonds is 11. The minimum Gasteiger partial charge on any atom is -0.494 e. The van der Waals surface area contributed by atoms with Crippen LogP contribution in [0.2, 0.25) is 10.0 Å². The summed E-state index contributed by atoms with van der Waals surface area (Å²) in [6, 6.07) is 21.2. The molecule has 0 atom stereocenters. The fourth-order valence-corrected chi connectivity index (χ4v) is 4.24. The number of carbonyl (C=O) groups excluding carboxylic acids is 1. The van der Waals surface area contributed by atoms with E-state index in [1.165, 1.54) is 0 Å². The first-order chi connectivity index (χ1) is 17.0. The number of amides is 1. The zero-order valence-electron chi connectivity index (χ0n) is 19.8. The van der Waals surface area contributed by atoms with Gasteiger partial charge in [0.15, 0.2) is 0 Å². The van der Waals surface area contributed by atoms with Crippen LogP contribution in [-0.2, 0) is 24.2 Å². The quantitative estimate of drug-likeness (QED) is 0.237. The molecule has 7 heteroatoms. The minimum absolute atomic E-state index is 0.00966. The van der Waals surface area contributed by atoms with E-state index in [4.69, 9.17) is 32.9 Å². The van der Waals surface area contributed by atoms with Gasteiger partial charge < -0.3 is 14.6 Å². The van der Waals surface area contributed by atoms with Crippen molar-refractivity contribution in [1.82, 2.24) is 14.9 Å². The number of halogens is 2. The number of carbonyl (C=O) groups is 1. The Hall–Kier alpha value is -3.02. The van der Waals surface area contributed by atoms with E-state index < -0.39 is 0 Å². The van der Waals surface area contributed by atoms with Crippen molar-refractivity contribution < 1.29 is 9.53 Å². The molecule has 0 bridgehead atoms. The van der Waals surface area contributed by atoms with Crippen LogP contribution >= 0.6 is 23.2 Å². The van der Waals surface area contributed by atoms with Gasteiger partial charge in [-0.25, -0.2) is 4.98 Å². The summed E-state index contributed by atoms with van der Waals surface area (Å²) in [5.41, 5.74) is 4.04. The lowest BCUT2D eigenvalue weighted by atomic mass is 10.1. The molecule has 1 amide bonds. The number of unbranched alkanes of at least 4 members (excludes halogenated alkanes) is 1. The molecule has 4 aromatic rings. The standard InChI is InChI=1S/C28H29Cl2N3O2/c1-20-18-23(12-13-24(20)30)35-17-5-4-16-33-26-7-3-2-6-25(26)32-27(33)14-15-31-28(34)19-21-8-10-22(29)11-9-21/h2-3,6-13,18H,4-5,14-17,19H2,1H3,(H,31,34). The molecule has 0 saturated heterocycles. The highest BCUT2D eigenvalue weighted by atomic mass is 35.5. The van der Waals surface area contributed by atoms with Crippen molar-refractivity contribution in [1.29, 1.82) is 0 Å². The van der Waals surface area contributed by atoms with Crippen LogP contribution in [0.3, 0.4) is 0 Å². The topological polar surface area (TPSA) is 56.1 Å². The van der Waals surface area contributed by atoms with Gasteiger partial charge in [0.25, 0.3) is 0 Å². The fourth-order valence-electron chi connectivity index (χ4n) is 4.00. The fraction of sp³-hybridized carbons (Fsp3) is 0.286. The van der Waals surface area contributed by atoms with E-state index in [9.17, 15) is 4.79 Å². The highest BCUT2D eigenvalue weighted by Gasteiger charge is 2.11.